The minimum absolute atomic E-state index is 0.107. The van der Waals surface area contributed by atoms with Gasteiger partial charge in [0.05, 0.1) is 29.6 Å². The van der Waals surface area contributed by atoms with Crippen LogP contribution in [0.15, 0.2) is 10.3 Å². The summed E-state index contributed by atoms with van der Waals surface area (Å²) in [5.41, 5.74) is 3.36. The van der Waals surface area contributed by atoms with Crippen molar-refractivity contribution in [3.8, 4) is 12.3 Å². The molecule has 3 rings (SSSR count). The van der Waals surface area contributed by atoms with Gasteiger partial charge in [0.15, 0.2) is 22.2 Å². The van der Waals surface area contributed by atoms with E-state index in [0.717, 1.165) is 25.7 Å². The number of aliphatic hydroxyl groups excluding tert-OH is 1. The van der Waals surface area contributed by atoms with Gasteiger partial charge in [0.2, 0.25) is 0 Å². The topological polar surface area (TPSA) is 192 Å². The van der Waals surface area contributed by atoms with E-state index in [2.05, 4.69) is 16.3 Å². The predicted molar refractivity (Wildman–Crippen MR) is 204 cm³/mol. The molecule has 1 saturated carbocycles. The van der Waals surface area contributed by atoms with Crippen molar-refractivity contribution in [1.82, 2.24) is 4.90 Å². The number of halogens is 1. The highest BCUT2D eigenvalue weighted by molar-refractivity contribution is 14.1. The van der Waals surface area contributed by atoms with Gasteiger partial charge < -0.3 is 39.7 Å². The molecule has 0 bridgehead atoms. The van der Waals surface area contributed by atoms with E-state index in [9.17, 15) is 24.7 Å². The Bertz CT molecular complexity index is 1290. The van der Waals surface area contributed by atoms with Crippen LogP contribution in [-0.4, -0.2) is 117 Å². The minimum Gasteiger partial charge on any atom is -0.448 e. The summed E-state index contributed by atoms with van der Waals surface area (Å²) >= 11 is 1.76. The van der Waals surface area contributed by atoms with E-state index in [1.54, 1.807) is 43.4 Å². The fourth-order valence-corrected chi connectivity index (χ4v) is 8.42. The van der Waals surface area contributed by atoms with Crippen LogP contribution in [0.3, 0.4) is 0 Å². The Hall–Kier alpha value is -1.78. The van der Waals surface area contributed by atoms with Gasteiger partial charge in [-0.2, -0.15) is 4.91 Å². The zero-order valence-corrected chi connectivity index (χ0v) is 34.4. The first-order chi connectivity index (χ1) is 24.3. The van der Waals surface area contributed by atoms with Crippen molar-refractivity contribution in [2.24, 2.45) is 39.7 Å². The molecule has 2 aliphatic heterocycles. The zero-order valence-electron chi connectivity index (χ0n) is 32.2. The molecule has 2 heterocycles. The molecule has 0 radical (unpaired) electrons. The van der Waals surface area contributed by atoms with E-state index in [1.807, 2.05) is 25.8 Å². The molecule has 3 fully saturated rings. The number of terminal acetylenes is 1. The van der Waals surface area contributed by atoms with E-state index >= 15 is 0 Å². The Balaban J connectivity index is 2.13. The summed E-state index contributed by atoms with van der Waals surface area (Å²) in [7, 11) is 3.37. The lowest BCUT2D eigenvalue weighted by Gasteiger charge is -2.47. The van der Waals surface area contributed by atoms with Crippen LogP contribution in [-0.2, 0) is 33.4 Å². The number of rotatable bonds is 9. The number of nitrogens with zero attached hydrogens (tertiary/aromatic N) is 3. The number of carbonyl (C=O) groups is 2. The number of hydrogen-bond acceptors (Lipinski definition) is 14. The number of aliphatic hydroxyl groups is 2. The van der Waals surface area contributed by atoms with Gasteiger partial charge in [-0.15, -0.1) is 12.3 Å². The minimum atomic E-state index is -1.93. The van der Waals surface area contributed by atoms with Crippen molar-refractivity contribution in [3.05, 3.63) is 4.91 Å². The Labute approximate surface area is 322 Å². The highest BCUT2D eigenvalue weighted by Gasteiger charge is 2.52. The van der Waals surface area contributed by atoms with E-state index in [4.69, 9.17) is 35.9 Å². The molecule has 296 valence electrons. The summed E-state index contributed by atoms with van der Waals surface area (Å²) in [6, 6.07) is -1.22. The van der Waals surface area contributed by atoms with Crippen LogP contribution >= 0.6 is 22.6 Å². The number of methoxy groups -OCH3 is 1. The number of ether oxygens (including phenoxy) is 4. The molecule has 0 amide bonds. The molecule has 0 aromatic rings. The van der Waals surface area contributed by atoms with Gasteiger partial charge in [0.1, 0.15) is 17.6 Å². The number of hydrogen-bond donors (Lipinski definition) is 3. The monoisotopic (exact) mass is 848 g/mol. The van der Waals surface area contributed by atoms with Crippen molar-refractivity contribution >= 4 is 40.1 Å². The lowest BCUT2D eigenvalue weighted by Crippen LogP contribution is -2.59. The van der Waals surface area contributed by atoms with Crippen molar-refractivity contribution in [3.63, 3.8) is 0 Å². The largest absolute Gasteiger partial charge is 0.448 e. The first kappa shape index (κ1) is 44.6. The van der Waals surface area contributed by atoms with E-state index in [1.165, 1.54) is 21.0 Å². The van der Waals surface area contributed by atoms with Crippen molar-refractivity contribution < 1.29 is 43.6 Å². The quantitative estimate of drug-likeness (QED) is 0.0577. The third kappa shape index (κ3) is 10.5. The fraction of sp³-hybridized carbons (Fsp3) is 0.865. The summed E-state index contributed by atoms with van der Waals surface area (Å²) in [6.45, 7) is 12.3. The molecule has 15 heteroatoms. The maximum Gasteiger partial charge on any atom is 0.317 e. The number of likely N-dealkylation sites (N-methyl/N-ethyl adjacent to an activating group) is 1. The SMILES string of the molecule is C#CCCN(C)[C@H]1C[C@@H](C)O[C@@H](O[C@@H]2[C@@H](C)C(=O)[C@@H](C)C(=O)O[C@H](I)[C@@](C)(O)[C@H](O)[C@@H](C)/C(=N/O[C@H]3CC[C@@H](N)CC3)[C@H](C)C[C@@]2(C)OC)[C@@H]1N=O. The van der Waals surface area contributed by atoms with Crippen LogP contribution in [0.25, 0.3) is 0 Å². The standard InChI is InChI=1S/C37H61IN4O10/c1-11-12-17-42(9)27-18-21(3)49-34(29(27)40-47)50-32-23(5)30(43)24(6)33(45)51-35(38)37(8,46)31(44)22(4)28(20(2)19-36(32,7)48-10)41-52-26-15-13-25(39)14-16-26/h1,20-27,29,31-32,34-35,44,46H,12-19,39H2,2-10H3/b41-28+/t20-,21-,22+,23+,24-,25-,26+,27+,29-,31-,32-,34+,35+,36-,37+/m1/s1. The molecule has 4 N–H and O–H groups in total. The second kappa shape index (κ2) is 19.2. The number of carbonyl (C=O) groups excluding carboxylic acids is 2. The first-order valence-corrected chi connectivity index (χ1v) is 19.7. The van der Waals surface area contributed by atoms with Crippen molar-refractivity contribution in [1.29, 1.82) is 0 Å². The molecule has 0 spiro atoms. The first-order valence-electron chi connectivity index (χ1n) is 18.4. The fourth-order valence-electron chi connectivity index (χ4n) is 7.81. The van der Waals surface area contributed by atoms with Crippen LogP contribution < -0.4 is 5.73 Å². The normalized spacial score (nSPS) is 43.7. The second-order valence-electron chi connectivity index (χ2n) is 15.6. The van der Waals surface area contributed by atoms with Crippen molar-refractivity contribution in [2.75, 3.05) is 20.7 Å². The molecule has 2 saturated heterocycles. The molecule has 0 unspecified atom stereocenters. The van der Waals surface area contributed by atoms with E-state index < -0.39 is 75.3 Å². The third-order valence-corrected chi connectivity index (χ3v) is 12.9. The summed E-state index contributed by atoms with van der Waals surface area (Å²) in [6.07, 6.45) is 5.55. The van der Waals surface area contributed by atoms with Crippen LogP contribution in [0, 0.1) is 40.9 Å². The predicted octanol–water partition coefficient (Wildman–Crippen LogP) is 3.95. The van der Waals surface area contributed by atoms with Crippen LogP contribution in [0.5, 0.6) is 0 Å². The van der Waals surface area contributed by atoms with Gasteiger partial charge in [0, 0.05) is 49.9 Å². The molecule has 52 heavy (non-hydrogen) atoms. The third-order valence-electron chi connectivity index (χ3n) is 11.4. The molecular formula is C37H61IN4O10. The average Bonchev–Trinajstić information content (AvgIpc) is 3.11. The maximum atomic E-state index is 14.2. The molecule has 0 aromatic heterocycles. The van der Waals surface area contributed by atoms with E-state index in [0.29, 0.717) is 25.1 Å². The molecule has 1 aliphatic carbocycles. The van der Waals surface area contributed by atoms with Gasteiger partial charge in [0.25, 0.3) is 0 Å². The number of Topliss-reactive ketones (excluding diaryl/α,β-unsaturated/α-hetero) is 1. The lowest BCUT2D eigenvalue weighted by molar-refractivity contribution is -0.268. The second-order valence-corrected chi connectivity index (χ2v) is 16.7. The molecule has 13 atom stereocenters. The van der Waals surface area contributed by atoms with Crippen molar-refractivity contribution in [2.45, 2.75) is 158 Å². The van der Waals surface area contributed by atoms with Crippen LogP contribution in [0.4, 0.5) is 0 Å². The van der Waals surface area contributed by atoms with Gasteiger partial charge in [-0.05, 0) is 95.9 Å². The van der Waals surface area contributed by atoms with Gasteiger partial charge in [-0.3, -0.25) is 14.5 Å². The average molecular weight is 849 g/mol. The highest BCUT2D eigenvalue weighted by Crippen LogP contribution is 2.39. The number of nitrogens with two attached hydrogens (primary N) is 1. The zero-order chi connectivity index (χ0) is 39.1. The number of ketones is 1. The smallest absolute Gasteiger partial charge is 0.317 e. The Morgan fingerprint density at radius 2 is 1.75 bits per heavy atom. The van der Waals surface area contributed by atoms with Gasteiger partial charge in [-0.25, -0.2) is 0 Å². The van der Waals surface area contributed by atoms with Crippen LogP contribution in [0.1, 0.15) is 93.4 Å². The Morgan fingerprint density at radius 1 is 1.12 bits per heavy atom. The molecular weight excluding hydrogens is 787 g/mol. The lowest BCUT2D eigenvalue weighted by atomic mass is 9.75. The summed E-state index contributed by atoms with van der Waals surface area (Å²) < 4.78 is 23.6. The molecule has 0 aromatic carbocycles. The Morgan fingerprint density at radius 3 is 2.33 bits per heavy atom. The van der Waals surface area contributed by atoms with Gasteiger partial charge in [-0.1, -0.05) is 31.1 Å². The van der Waals surface area contributed by atoms with Crippen LogP contribution in [0.2, 0.25) is 0 Å². The number of oxime groups is 1. The number of alkyl halides is 1. The molecule has 3 aliphatic rings. The summed E-state index contributed by atoms with van der Waals surface area (Å²) in [5, 5.41) is 31.3. The van der Waals surface area contributed by atoms with E-state index in [-0.39, 0.29) is 30.7 Å². The Kier molecular flexibility index (Phi) is 16.5. The molecule has 14 nitrogen and oxygen atoms in total. The highest BCUT2D eigenvalue weighted by atomic mass is 127. The number of cyclic esters (lactones) is 1. The van der Waals surface area contributed by atoms with Gasteiger partial charge >= 0.3 is 5.97 Å². The maximum absolute atomic E-state index is 14.2. The summed E-state index contributed by atoms with van der Waals surface area (Å²) in [4.78, 5) is 48.2. The number of nitroso groups, excluding NO2 is 1. The summed E-state index contributed by atoms with van der Waals surface area (Å²) in [5.74, 6) is -2.25. The number of esters is 1.